The highest BCUT2D eigenvalue weighted by Gasteiger charge is 2.13. The third-order valence-corrected chi connectivity index (χ3v) is 4.57. The average Bonchev–Trinajstić information content (AvgIpc) is 2.73. The third kappa shape index (κ3) is 4.88. The van der Waals surface area contributed by atoms with Gasteiger partial charge in [-0.05, 0) is 43.7 Å². The number of carbonyl (C=O) groups excluding carboxylic acids is 1. The molecule has 30 heavy (non-hydrogen) atoms. The molecule has 11 heteroatoms. The van der Waals surface area contributed by atoms with Gasteiger partial charge in [-0.2, -0.15) is 9.97 Å². The van der Waals surface area contributed by atoms with Crippen LogP contribution in [0.15, 0.2) is 30.5 Å². The van der Waals surface area contributed by atoms with E-state index in [0.717, 1.165) is 18.5 Å². The number of rotatable bonds is 8. The highest BCUT2D eigenvalue weighted by Crippen LogP contribution is 2.19. The van der Waals surface area contributed by atoms with Gasteiger partial charge in [0.05, 0.1) is 18.4 Å². The highest BCUT2D eigenvalue weighted by molar-refractivity contribution is 5.94. The second kappa shape index (κ2) is 9.29. The Kier molecular flexibility index (Phi) is 6.54. The Balaban J connectivity index is 1.68. The molecule has 0 saturated heterocycles. The Bertz CT molecular complexity index is 1020. The summed E-state index contributed by atoms with van der Waals surface area (Å²) in [5.41, 5.74) is 19.8. The molecule has 11 nitrogen and oxygen atoms in total. The quantitative estimate of drug-likeness (QED) is 0.174. The van der Waals surface area contributed by atoms with E-state index in [1.54, 1.807) is 18.3 Å². The molecule has 3 rings (SSSR count). The molecular weight excluding hydrogens is 384 g/mol. The minimum atomic E-state index is -0.226. The number of unbranched alkanes of at least 4 members (excludes halogenated alkanes) is 1. The van der Waals surface area contributed by atoms with Crippen molar-refractivity contribution in [2.75, 3.05) is 36.5 Å². The molecule has 0 radical (unpaired) electrons. The number of nitrogens with two attached hydrogens (primary N) is 4. The first-order chi connectivity index (χ1) is 14.4. The number of nitrogen functional groups attached to an aromatic ring is 2. The first-order valence-electron chi connectivity index (χ1n) is 9.51. The van der Waals surface area contributed by atoms with Gasteiger partial charge in [0, 0.05) is 24.8 Å². The Morgan fingerprint density at radius 1 is 1.07 bits per heavy atom. The number of hydrogen-bond acceptors (Lipinski definition) is 10. The van der Waals surface area contributed by atoms with E-state index in [1.165, 1.54) is 5.01 Å². The maximum atomic E-state index is 12.4. The van der Waals surface area contributed by atoms with Gasteiger partial charge < -0.3 is 22.1 Å². The fourth-order valence-corrected chi connectivity index (χ4v) is 2.95. The van der Waals surface area contributed by atoms with Crippen molar-refractivity contribution in [1.29, 1.82) is 0 Å². The largest absolute Gasteiger partial charge is 0.382 e. The lowest BCUT2D eigenvalue weighted by Crippen LogP contribution is -2.38. The summed E-state index contributed by atoms with van der Waals surface area (Å²) in [4.78, 5) is 31.1. The van der Waals surface area contributed by atoms with Crippen LogP contribution in [0, 0.1) is 0 Å². The Morgan fingerprint density at radius 2 is 1.80 bits per heavy atom. The van der Waals surface area contributed by atoms with E-state index < -0.39 is 0 Å². The van der Waals surface area contributed by atoms with Crippen molar-refractivity contribution >= 4 is 34.5 Å². The van der Waals surface area contributed by atoms with Crippen molar-refractivity contribution < 1.29 is 4.79 Å². The lowest BCUT2D eigenvalue weighted by molar-refractivity contribution is 0.0753. The van der Waals surface area contributed by atoms with Crippen LogP contribution in [0.3, 0.4) is 0 Å². The predicted octanol–water partition coefficient (Wildman–Crippen LogP) is 0.275. The maximum absolute atomic E-state index is 12.4. The summed E-state index contributed by atoms with van der Waals surface area (Å²) >= 11 is 0. The summed E-state index contributed by atoms with van der Waals surface area (Å²) in [6.45, 7) is 1.53. The van der Waals surface area contributed by atoms with E-state index in [4.69, 9.17) is 23.0 Å². The van der Waals surface area contributed by atoms with Gasteiger partial charge in [-0.3, -0.25) is 9.80 Å². The summed E-state index contributed by atoms with van der Waals surface area (Å²) in [6, 6.07) is 7.20. The fraction of sp³-hybridized carbons (Fsp3) is 0.316. The van der Waals surface area contributed by atoms with Gasteiger partial charge >= 0.3 is 0 Å². The molecule has 0 fully saturated rings. The van der Waals surface area contributed by atoms with Gasteiger partial charge in [-0.15, -0.1) is 0 Å². The van der Waals surface area contributed by atoms with Crippen molar-refractivity contribution in [3.8, 4) is 0 Å². The van der Waals surface area contributed by atoms with E-state index in [9.17, 15) is 4.79 Å². The van der Waals surface area contributed by atoms with Gasteiger partial charge in [0.1, 0.15) is 0 Å². The molecule has 0 bridgehead atoms. The summed E-state index contributed by atoms with van der Waals surface area (Å²) < 4.78 is 0. The Hall–Kier alpha value is -3.57. The standard InChI is InChI=1S/C19H26N10O/c1-28(11-13-10-24-17-15(25-13)16(21)26-19(22)27-17)14-6-4-12(5-7-14)18(30)29(23)9-3-2-8-20/h4-7,10H,2-3,8-9,11,20,23H2,1H3,(H4,21,22,24,26,27). The van der Waals surface area contributed by atoms with Crippen LogP contribution < -0.4 is 27.9 Å². The Labute approximate surface area is 174 Å². The molecule has 0 aliphatic rings. The van der Waals surface area contributed by atoms with Crippen LogP contribution in [0.25, 0.3) is 11.2 Å². The molecule has 0 aliphatic heterocycles. The summed E-state index contributed by atoms with van der Waals surface area (Å²) in [5.74, 6) is 5.87. The van der Waals surface area contributed by atoms with Crippen LogP contribution >= 0.6 is 0 Å². The second-order valence-corrected chi connectivity index (χ2v) is 6.90. The van der Waals surface area contributed by atoms with Crippen molar-refractivity contribution in [3.05, 3.63) is 41.7 Å². The van der Waals surface area contributed by atoms with Gasteiger partial charge in [-0.1, -0.05) is 0 Å². The van der Waals surface area contributed by atoms with Gasteiger partial charge in [0.2, 0.25) is 5.95 Å². The van der Waals surface area contributed by atoms with Crippen LogP contribution in [0.1, 0.15) is 28.9 Å². The molecule has 2 aromatic heterocycles. The number of nitrogens with zero attached hydrogens (tertiary/aromatic N) is 6. The van der Waals surface area contributed by atoms with Gasteiger partial charge in [0.15, 0.2) is 17.0 Å². The van der Waals surface area contributed by atoms with Crippen LogP contribution in [-0.2, 0) is 6.54 Å². The van der Waals surface area contributed by atoms with Crippen LogP contribution in [-0.4, -0.2) is 51.0 Å². The Morgan fingerprint density at radius 3 is 2.50 bits per heavy atom. The van der Waals surface area contributed by atoms with E-state index in [1.807, 2.05) is 24.1 Å². The lowest BCUT2D eigenvalue weighted by Gasteiger charge is -2.20. The zero-order valence-electron chi connectivity index (χ0n) is 16.8. The van der Waals surface area contributed by atoms with E-state index in [2.05, 4.69) is 19.9 Å². The topological polar surface area (TPSA) is 179 Å². The number of amides is 1. The lowest BCUT2D eigenvalue weighted by atomic mass is 10.1. The number of hydrazine groups is 1. The summed E-state index contributed by atoms with van der Waals surface area (Å²) in [6.07, 6.45) is 3.22. The normalized spacial score (nSPS) is 10.9. The van der Waals surface area contributed by atoms with E-state index >= 15 is 0 Å². The molecule has 1 amide bonds. The molecule has 1 aromatic carbocycles. The first kappa shape index (κ1) is 21.1. The molecular formula is C19H26N10O. The molecule has 0 aliphatic carbocycles. The van der Waals surface area contributed by atoms with Crippen molar-refractivity contribution in [1.82, 2.24) is 24.9 Å². The number of benzene rings is 1. The second-order valence-electron chi connectivity index (χ2n) is 6.90. The summed E-state index contributed by atoms with van der Waals surface area (Å²) in [7, 11) is 1.91. The van der Waals surface area contributed by atoms with Crippen molar-refractivity contribution in [3.63, 3.8) is 0 Å². The van der Waals surface area contributed by atoms with E-state index in [0.29, 0.717) is 42.1 Å². The molecule has 0 unspecified atom stereocenters. The molecule has 158 valence electrons. The number of carbonyl (C=O) groups is 1. The fourth-order valence-electron chi connectivity index (χ4n) is 2.95. The van der Waals surface area contributed by atoms with Crippen LogP contribution in [0.5, 0.6) is 0 Å². The zero-order valence-corrected chi connectivity index (χ0v) is 16.8. The molecule has 0 atom stereocenters. The highest BCUT2D eigenvalue weighted by atomic mass is 16.2. The molecule has 0 saturated carbocycles. The smallest absolute Gasteiger partial charge is 0.267 e. The summed E-state index contributed by atoms with van der Waals surface area (Å²) in [5, 5.41) is 1.22. The number of fused-ring (bicyclic) bond motifs is 1. The van der Waals surface area contributed by atoms with Crippen molar-refractivity contribution in [2.45, 2.75) is 19.4 Å². The number of aromatic nitrogens is 4. The number of anilines is 3. The maximum Gasteiger partial charge on any atom is 0.267 e. The average molecular weight is 410 g/mol. The van der Waals surface area contributed by atoms with E-state index in [-0.39, 0.29) is 17.7 Å². The first-order valence-corrected chi connectivity index (χ1v) is 9.51. The minimum absolute atomic E-state index is 0.0595. The van der Waals surface area contributed by atoms with Gasteiger partial charge in [0.25, 0.3) is 5.91 Å². The van der Waals surface area contributed by atoms with Crippen molar-refractivity contribution in [2.24, 2.45) is 11.6 Å². The number of hydrogen-bond donors (Lipinski definition) is 4. The molecule has 0 spiro atoms. The predicted molar refractivity (Wildman–Crippen MR) is 116 cm³/mol. The molecule has 8 N–H and O–H groups in total. The third-order valence-electron chi connectivity index (χ3n) is 4.57. The zero-order chi connectivity index (χ0) is 21.7. The minimum Gasteiger partial charge on any atom is -0.382 e. The molecule has 3 aromatic rings. The van der Waals surface area contributed by atoms with Crippen LogP contribution in [0.4, 0.5) is 17.5 Å². The SMILES string of the molecule is CN(Cc1cnc2nc(N)nc(N)c2n1)c1ccc(C(=O)N(N)CCCCN)cc1. The molecule has 2 heterocycles. The monoisotopic (exact) mass is 410 g/mol. The van der Waals surface area contributed by atoms with Gasteiger partial charge in [-0.25, -0.2) is 15.8 Å². The van der Waals surface area contributed by atoms with Crippen LogP contribution in [0.2, 0.25) is 0 Å².